The van der Waals surface area contributed by atoms with E-state index in [1.54, 1.807) is 12.1 Å². The Morgan fingerprint density at radius 3 is 3.08 bits per heavy atom. The molecule has 0 aliphatic heterocycles. The maximum absolute atomic E-state index is 9.03. The summed E-state index contributed by atoms with van der Waals surface area (Å²) in [6.07, 6.45) is 2.29. The summed E-state index contributed by atoms with van der Waals surface area (Å²) in [4.78, 5) is 3.82. The minimum Gasteiger partial charge on any atom is -0.289 e. The van der Waals surface area contributed by atoms with Gasteiger partial charge in [0, 0.05) is 12.1 Å². The summed E-state index contributed by atoms with van der Waals surface area (Å²) < 4.78 is 0. The van der Waals surface area contributed by atoms with Gasteiger partial charge in [-0.05, 0) is 17.7 Å². The Bertz CT molecular complexity index is 279. The van der Waals surface area contributed by atoms with Gasteiger partial charge in [0.1, 0.15) is 6.34 Å². The molecule has 0 saturated carbocycles. The number of alkyl halides is 1. The molecule has 1 aromatic heterocycles. The van der Waals surface area contributed by atoms with Crippen molar-refractivity contribution in [2.24, 2.45) is 0 Å². The third kappa shape index (κ3) is 1.93. The molecule has 0 bridgehead atoms. The molecule has 1 aromatic rings. The summed E-state index contributed by atoms with van der Waals surface area (Å²) in [6.45, 7) is 0. The smallest absolute Gasteiger partial charge is 0.159 e. The van der Waals surface area contributed by atoms with Crippen LogP contribution in [0.2, 0.25) is 0 Å². The highest BCUT2D eigenvalue weighted by atomic mass is 35.5. The molecule has 0 amide bonds. The van der Waals surface area contributed by atoms with Crippen molar-refractivity contribution >= 4 is 23.8 Å². The molecule has 0 aliphatic rings. The molecule has 0 aliphatic carbocycles. The van der Waals surface area contributed by atoms with E-state index >= 15 is 0 Å². The lowest BCUT2D eigenvalue weighted by molar-refractivity contribution is 0.313. The number of hydrogen-bond acceptors (Lipinski definition) is 3. The molecular weight excluding hydrogens is 178 g/mol. The molecule has 0 unspecified atom stereocenters. The predicted octanol–water partition coefficient (Wildman–Crippen LogP) is 1.62. The Morgan fingerprint density at radius 1 is 1.75 bits per heavy atom. The zero-order chi connectivity index (χ0) is 8.97. The van der Waals surface area contributed by atoms with E-state index in [1.165, 1.54) is 6.20 Å². The van der Waals surface area contributed by atoms with Crippen LogP contribution in [0.3, 0.4) is 0 Å². The summed E-state index contributed by atoms with van der Waals surface area (Å²) in [5, 5.41) is 16.4. The molecule has 0 fully saturated rings. The van der Waals surface area contributed by atoms with Gasteiger partial charge >= 0.3 is 0 Å². The van der Waals surface area contributed by atoms with E-state index < -0.39 is 0 Å². The molecule has 1 heterocycles. The fourth-order valence-corrected chi connectivity index (χ4v) is 0.901. The van der Waals surface area contributed by atoms with Crippen molar-refractivity contribution in [2.75, 3.05) is 5.06 Å². The number of hydroxylamine groups is 1. The molecule has 1 rings (SSSR count). The van der Waals surface area contributed by atoms with Crippen molar-refractivity contribution in [1.29, 1.82) is 5.41 Å². The van der Waals surface area contributed by atoms with E-state index in [4.69, 9.17) is 22.2 Å². The van der Waals surface area contributed by atoms with Gasteiger partial charge in [-0.2, -0.15) is 5.06 Å². The lowest BCUT2D eigenvalue weighted by Gasteiger charge is -2.08. The SMILES string of the molecule is N=CN(O)c1cc(CCl)ccn1. The molecule has 0 spiro atoms. The molecule has 4 nitrogen and oxygen atoms in total. The molecule has 0 saturated heterocycles. The van der Waals surface area contributed by atoms with Crippen molar-refractivity contribution in [2.45, 2.75) is 5.88 Å². The van der Waals surface area contributed by atoms with Crippen LogP contribution < -0.4 is 5.06 Å². The average Bonchev–Trinajstić information content (AvgIpc) is 2.17. The van der Waals surface area contributed by atoms with Crippen molar-refractivity contribution in [1.82, 2.24) is 4.98 Å². The molecular formula is C7H8ClN3O. The monoisotopic (exact) mass is 185 g/mol. The number of nitrogens with one attached hydrogen (secondary N) is 1. The van der Waals surface area contributed by atoms with Crippen LogP contribution in [-0.4, -0.2) is 16.5 Å². The van der Waals surface area contributed by atoms with Gasteiger partial charge in [-0.1, -0.05) is 0 Å². The fraction of sp³-hybridized carbons (Fsp3) is 0.143. The van der Waals surface area contributed by atoms with Crippen molar-refractivity contribution in [3.8, 4) is 0 Å². The zero-order valence-corrected chi connectivity index (χ0v) is 6.99. The van der Waals surface area contributed by atoms with Gasteiger partial charge < -0.3 is 0 Å². The van der Waals surface area contributed by atoms with Crippen molar-refractivity contribution < 1.29 is 5.21 Å². The number of halogens is 1. The minimum absolute atomic E-state index is 0.295. The maximum atomic E-state index is 9.03. The summed E-state index contributed by atoms with van der Waals surface area (Å²) in [5.74, 6) is 0.657. The van der Waals surface area contributed by atoms with Crippen LogP contribution in [0, 0.1) is 5.41 Å². The van der Waals surface area contributed by atoms with E-state index in [-0.39, 0.29) is 0 Å². The summed E-state index contributed by atoms with van der Waals surface area (Å²) >= 11 is 5.56. The lowest BCUT2D eigenvalue weighted by Crippen LogP contribution is -2.15. The first kappa shape index (κ1) is 8.96. The predicted molar refractivity (Wildman–Crippen MR) is 46.8 cm³/mol. The van der Waals surface area contributed by atoms with Crippen LogP contribution in [0.4, 0.5) is 5.82 Å². The van der Waals surface area contributed by atoms with Crippen molar-refractivity contribution in [3.63, 3.8) is 0 Å². The second-order valence-electron chi connectivity index (χ2n) is 2.13. The third-order valence-corrected chi connectivity index (χ3v) is 1.63. The van der Waals surface area contributed by atoms with Gasteiger partial charge in [0.25, 0.3) is 0 Å². The first-order chi connectivity index (χ1) is 5.77. The highest BCUT2D eigenvalue weighted by Gasteiger charge is 2.00. The first-order valence-electron chi connectivity index (χ1n) is 3.27. The fourth-order valence-electron chi connectivity index (χ4n) is 0.735. The van der Waals surface area contributed by atoms with Crippen LogP contribution in [0.1, 0.15) is 5.56 Å². The Hall–Kier alpha value is -1.13. The molecule has 12 heavy (non-hydrogen) atoms. The van der Waals surface area contributed by atoms with Gasteiger partial charge in [-0.25, -0.2) is 4.98 Å². The van der Waals surface area contributed by atoms with Gasteiger partial charge in [0.2, 0.25) is 0 Å². The van der Waals surface area contributed by atoms with E-state index in [0.29, 0.717) is 16.8 Å². The number of hydrogen-bond donors (Lipinski definition) is 2. The minimum atomic E-state index is 0.295. The Kier molecular flexibility index (Phi) is 3.01. The van der Waals surface area contributed by atoms with Crippen LogP contribution in [0.25, 0.3) is 0 Å². The van der Waals surface area contributed by atoms with Crippen LogP contribution >= 0.6 is 11.6 Å². The third-order valence-electron chi connectivity index (χ3n) is 1.32. The van der Waals surface area contributed by atoms with Crippen LogP contribution in [0.5, 0.6) is 0 Å². The molecule has 2 N–H and O–H groups in total. The first-order valence-corrected chi connectivity index (χ1v) is 3.81. The average molecular weight is 186 g/mol. The molecule has 5 heteroatoms. The Morgan fingerprint density at radius 2 is 2.50 bits per heavy atom. The van der Waals surface area contributed by atoms with E-state index in [2.05, 4.69) is 4.98 Å². The quantitative estimate of drug-likeness (QED) is 0.326. The van der Waals surface area contributed by atoms with E-state index in [9.17, 15) is 0 Å². The van der Waals surface area contributed by atoms with E-state index in [0.717, 1.165) is 11.9 Å². The summed E-state index contributed by atoms with van der Waals surface area (Å²) in [5.41, 5.74) is 0.850. The normalized spacial score (nSPS) is 9.50. The molecule has 0 atom stereocenters. The van der Waals surface area contributed by atoms with Crippen LogP contribution in [0.15, 0.2) is 18.3 Å². The number of nitrogens with zero attached hydrogens (tertiary/aromatic N) is 2. The second-order valence-corrected chi connectivity index (χ2v) is 2.40. The van der Waals surface area contributed by atoms with Crippen molar-refractivity contribution in [3.05, 3.63) is 23.9 Å². The summed E-state index contributed by atoms with van der Waals surface area (Å²) in [7, 11) is 0. The standard InChI is InChI=1S/C7H8ClN3O/c8-4-6-1-2-10-7(3-6)11(12)5-9/h1-3,5,9,12H,4H2. The number of aromatic nitrogens is 1. The Balaban J connectivity index is 2.93. The highest BCUT2D eigenvalue weighted by molar-refractivity contribution is 6.17. The van der Waals surface area contributed by atoms with Gasteiger partial charge in [-0.15, -0.1) is 11.6 Å². The van der Waals surface area contributed by atoms with Gasteiger partial charge in [0.05, 0.1) is 0 Å². The van der Waals surface area contributed by atoms with Crippen LogP contribution in [-0.2, 0) is 5.88 Å². The number of pyridine rings is 1. The topological polar surface area (TPSA) is 60.2 Å². The number of rotatable bonds is 3. The molecule has 0 radical (unpaired) electrons. The maximum Gasteiger partial charge on any atom is 0.159 e. The van der Waals surface area contributed by atoms with Gasteiger partial charge in [0.15, 0.2) is 5.82 Å². The van der Waals surface area contributed by atoms with Gasteiger partial charge in [-0.3, -0.25) is 10.6 Å². The lowest BCUT2D eigenvalue weighted by atomic mass is 10.3. The second kappa shape index (κ2) is 4.04. The Labute approximate surface area is 74.9 Å². The number of anilines is 1. The molecule has 64 valence electrons. The van der Waals surface area contributed by atoms with E-state index in [1.807, 2.05) is 0 Å². The summed E-state index contributed by atoms with van der Waals surface area (Å²) in [6, 6.07) is 3.35. The largest absolute Gasteiger partial charge is 0.289 e. The molecule has 0 aromatic carbocycles. The highest BCUT2D eigenvalue weighted by Crippen LogP contribution is 2.10. The zero-order valence-electron chi connectivity index (χ0n) is 6.24.